The van der Waals surface area contributed by atoms with E-state index in [0.717, 1.165) is 23.0 Å². The van der Waals surface area contributed by atoms with Crippen molar-refractivity contribution in [3.05, 3.63) is 34.8 Å². The fourth-order valence-corrected chi connectivity index (χ4v) is 2.44. The molecule has 17 heavy (non-hydrogen) atoms. The van der Waals surface area contributed by atoms with Crippen LogP contribution in [0.1, 0.15) is 5.01 Å². The van der Waals surface area contributed by atoms with Crippen LogP contribution in [0.2, 0.25) is 0 Å². The molecule has 2 aromatic rings. The Balaban J connectivity index is 2.09. The lowest BCUT2D eigenvalue weighted by atomic mass is 10.3. The molecular formula is C12H14N2OS2. The van der Waals surface area contributed by atoms with Gasteiger partial charge in [0.1, 0.15) is 10.8 Å². The maximum atomic E-state index is 5.36. The standard InChI is InChI=1S/C12H14N2OS2/c1-15-11-7-9(16-2)3-4-10(11)14-8-12-13-5-6-17-12/h3-7,14H,8H2,1-2H3. The monoisotopic (exact) mass is 266 g/mol. The quantitative estimate of drug-likeness (QED) is 0.840. The number of nitrogens with one attached hydrogen (secondary N) is 1. The van der Waals surface area contributed by atoms with Crippen molar-refractivity contribution in [2.45, 2.75) is 11.4 Å². The Bertz CT molecular complexity index is 471. The zero-order valence-corrected chi connectivity index (χ0v) is 11.4. The number of hydrogen-bond donors (Lipinski definition) is 1. The summed E-state index contributed by atoms with van der Waals surface area (Å²) in [5.41, 5.74) is 1.00. The summed E-state index contributed by atoms with van der Waals surface area (Å²) in [5, 5.41) is 6.38. The molecule has 2 rings (SSSR count). The molecular weight excluding hydrogens is 252 g/mol. The van der Waals surface area contributed by atoms with Crippen LogP contribution in [0.3, 0.4) is 0 Å². The van der Waals surface area contributed by atoms with Gasteiger partial charge in [-0.3, -0.25) is 0 Å². The van der Waals surface area contributed by atoms with E-state index in [2.05, 4.69) is 22.6 Å². The zero-order chi connectivity index (χ0) is 12.1. The second kappa shape index (κ2) is 5.93. The van der Waals surface area contributed by atoms with E-state index in [1.165, 1.54) is 4.90 Å². The van der Waals surface area contributed by atoms with Gasteiger partial charge in [-0.2, -0.15) is 0 Å². The number of anilines is 1. The van der Waals surface area contributed by atoms with Crippen molar-refractivity contribution < 1.29 is 4.74 Å². The van der Waals surface area contributed by atoms with Gasteiger partial charge in [0.25, 0.3) is 0 Å². The Morgan fingerprint density at radius 3 is 3.00 bits per heavy atom. The lowest BCUT2D eigenvalue weighted by Gasteiger charge is -2.11. The van der Waals surface area contributed by atoms with Crippen LogP contribution in [0.5, 0.6) is 5.75 Å². The van der Waals surface area contributed by atoms with Gasteiger partial charge in [-0.05, 0) is 24.5 Å². The molecule has 0 bridgehead atoms. The molecule has 0 saturated carbocycles. The Morgan fingerprint density at radius 2 is 2.35 bits per heavy atom. The molecule has 1 heterocycles. The summed E-state index contributed by atoms with van der Waals surface area (Å²) in [6, 6.07) is 6.16. The van der Waals surface area contributed by atoms with Gasteiger partial charge in [-0.1, -0.05) is 0 Å². The predicted molar refractivity (Wildman–Crippen MR) is 74.2 cm³/mol. The molecule has 0 aliphatic rings. The van der Waals surface area contributed by atoms with Crippen molar-refractivity contribution in [1.82, 2.24) is 4.98 Å². The molecule has 1 aromatic heterocycles. The minimum absolute atomic E-state index is 0.729. The Hall–Kier alpha value is -1.20. The fourth-order valence-electron chi connectivity index (χ4n) is 1.46. The van der Waals surface area contributed by atoms with Gasteiger partial charge < -0.3 is 10.1 Å². The smallest absolute Gasteiger partial charge is 0.143 e. The highest BCUT2D eigenvalue weighted by Gasteiger charge is 2.04. The van der Waals surface area contributed by atoms with Crippen LogP contribution >= 0.6 is 23.1 Å². The van der Waals surface area contributed by atoms with Crippen LogP contribution < -0.4 is 10.1 Å². The molecule has 1 N–H and O–H groups in total. The lowest BCUT2D eigenvalue weighted by Crippen LogP contribution is -2.00. The van der Waals surface area contributed by atoms with Crippen LogP contribution in [0.25, 0.3) is 0 Å². The highest BCUT2D eigenvalue weighted by molar-refractivity contribution is 7.98. The SMILES string of the molecule is COc1cc(SC)ccc1NCc1nccs1. The maximum Gasteiger partial charge on any atom is 0.143 e. The number of thiazole rings is 1. The maximum absolute atomic E-state index is 5.36. The molecule has 5 heteroatoms. The van der Waals surface area contributed by atoms with Crippen LogP contribution in [0, 0.1) is 0 Å². The molecule has 0 aliphatic heterocycles. The number of methoxy groups -OCH3 is 1. The summed E-state index contributed by atoms with van der Waals surface area (Å²) >= 11 is 3.35. The average molecular weight is 266 g/mol. The first-order chi connectivity index (χ1) is 8.33. The molecule has 0 fully saturated rings. The van der Waals surface area contributed by atoms with E-state index in [4.69, 9.17) is 4.74 Å². The number of hydrogen-bond acceptors (Lipinski definition) is 5. The molecule has 0 amide bonds. The molecule has 0 aliphatic carbocycles. The number of nitrogens with zero attached hydrogens (tertiary/aromatic N) is 1. The van der Waals surface area contributed by atoms with E-state index in [1.807, 2.05) is 23.7 Å². The van der Waals surface area contributed by atoms with Crippen LogP contribution in [0.15, 0.2) is 34.7 Å². The van der Waals surface area contributed by atoms with E-state index in [9.17, 15) is 0 Å². The van der Waals surface area contributed by atoms with Crippen molar-refractivity contribution >= 4 is 28.8 Å². The number of ether oxygens (including phenoxy) is 1. The van der Waals surface area contributed by atoms with Gasteiger partial charge in [0, 0.05) is 16.5 Å². The Labute approximate surface area is 109 Å². The summed E-state index contributed by atoms with van der Waals surface area (Å²) in [7, 11) is 1.69. The first-order valence-corrected chi connectivity index (χ1v) is 7.28. The number of thioether (sulfide) groups is 1. The van der Waals surface area contributed by atoms with Gasteiger partial charge in [0.05, 0.1) is 19.3 Å². The first-order valence-electron chi connectivity index (χ1n) is 5.17. The minimum Gasteiger partial charge on any atom is -0.495 e. The molecule has 0 unspecified atom stereocenters. The Morgan fingerprint density at radius 1 is 1.47 bits per heavy atom. The third-order valence-electron chi connectivity index (χ3n) is 2.32. The summed E-state index contributed by atoms with van der Waals surface area (Å²) in [4.78, 5) is 5.43. The predicted octanol–water partition coefficient (Wildman–Crippen LogP) is 3.49. The molecule has 0 spiro atoms. The summed E-state index contributed by atoms with van der Waals surface area (Å²) in [6.07, 6.45) is 3.87. The zero-order valence-electron chi connectivity index (χ0n) is 9.77. The lowest BCUT2D eigenvalue weighted by molar-refractivity contribution is 0.415. The average Bonchev–Trinajstić information content (AvgIpc) is 2.89. The third kappa shape index (κ3) is 3.14. The van der Waals surface area contributed by atoms with E-state index in [-0.39, 0.29) is 0 Å². The van der Waals surface area contributed by atoms with Gasteiger partial charge >= 0.3 is 0 Å². The largest absolute Gasteiger partial charge is 0.495 e. The number of aromatic nitrogens is 1. The number of rotatable bonds is 5. The molecule has 0 atom stereocenters. The molecule has 0 radical (unpaired) electrons. The fraction of sp³-hybridized carbons (Fsp3) is 0.250. The highest BCUT2D eigenvalue weighted by Crippen LogP contribution is 2.29. The van der Waals surface area contributed by atoms with Crippen molar-refractivity contribution in [3.63, 3.8) is 0 Å². The van der Waals surface area contributed by atoms with Gasteiger partial charge in [0.2, 0.25) is 0 Å². The summed E-state index contributed by atoms with van der Waals surface area (Å²) in [6.45, 7) is 0.729. The summed E-state index contributed by atoms with van der Waals surface area (Å²) in [5.74, 6) is 0.869. The van der Waals surface area contributed by atoms with Crippen molar-refractivity contribution in [2.75, 3.05) is 18.7 Å². The van der Waals surface area contributed by atoms with Crippen molar-refractivity contribution in [1.29, 1.82) is 0 Å². The topological polar surface area (TPSA) is 34.1 Å². The molecule has 0 saturated heterocycles. The highest BCUT2D eigenvalue weighted by atomic mass is 32.2. The first kappa shape index (κ1) is 12.3. The molecule has 3 nitrogen and oxygen atoms in total. The van der Waals surface area contributed by atoms with Crippen LogP contribution in [-0.4, -0.2) is 18.3 Å². The molecule has 1 aromatic carbocycles. The van der Waals surface area contributed by atoms with Crippen molar-refractivity contribution in [2.24, 2.45) is 0 Å². The van der Waals surface area contributed by atoms with E-state index in [0.29, 0.717) is 0 Å². The Kier molecular flexibility index (Phi) is 4.28. The van der Waals surface area contributed by atoms with Gasteiger partial charge in [0.15, 0.2) is 0 Å². The van der Waals surface area contributed by atoms with E-state index in [1.54, 1.807) is 30.2 Å². The second-order valence-electron chi connectivity index (χ2n) is 3.35. The van der Waals surface area contributed by atoms with Crippen molar-refractivity contribution in [3.8, 4) is 5.75 Å². The second-order valence-corrected chi connectivity index (χ2v) is 5.20. The van der Waals surface area contributed by atoms with Gasteiger partial charge in [-0.15, -0.1) is 23.1 Å². The number of benzene rings is 1. The van der Waals surface area contributed by atoms with Crippen LogP contribution in [-0.2, 0) is 6.54 Å². The van der Waals surface area contributed by atoms with Crippen LogP contribution in [0.4, 0.5) is 5.69 Å². The van der Waals surface area contributed by atoms with Gasteiger partial charge in [-0.25, -0.2) is 4.98 Å². The third-order valence-corrected chi connectivity index (χ3v) is 3.83. The normalized spacial score (nSPS) is 10.2. The van der Waals surface area contributed by atoms with E-state index < -0.39 is 0 Å². The van der Waals surface area contributed by atoms with E-state index >= 15 is 0 Å². The summed E-state index contributed by atoms with van der Waals surface area (Å²) < 4.78 is 5.36. The molecule has 90 valence electrons. The minimum atomic E-state index is 0.729.